The van der Waals surface area contributed by atoms with Crippen molar-refractivity contribution in [3.63, 3.8) is 0 Å². The van der Waals surface area contributed by atoms with E-state index in [-0.39, 0.29) is 18.5 Å². The van der Waals surface area contributed by atoms with Crippen LogP contribution < -0.4 is 0 Å². The summed E-state index contributed by atoms with van der Waals surface area (Å²) in [6.07, 6.45) is 6.18. The monoisotopic (exact) mass is 511 g/mol. The van der Waals surface area contributed by atoms with Gasteiger partial charge in [-0.15, -0.1) is 0 Å². The van der Waals surface area contributed by atoms with Crippen molar-refractivity contribution in [3.8, 4) is 11.1 Å². The minimum Gasteiger partial charge on any atom is -0.465 e. The van der Waals surface area contributed by atoms with Crippen LogP contribution in [0.4, 0.5) is 0 Å². The summed E-state index contributed by atoms with van der Waals surface area (Å²) in [5.41, 5.74) is 4.24. The number of carbonyl (C=O) groups is 2. The van der Waals surface area contributed by atoms with Crippen molar-refractivity contribution in [2.45, 2.75) is 58.2 Å². The van der Waals surface area contributed by atoms with Crippen LogP contribution >= 0.6 is 0 Å². The van der Waals surface area contributed by atoms with Crippen molar-refractivity contribution in [1.29, 1.82) is 0 Å². The molecule has 1 heterocycles. The molecule has 2 aromatic rings. The summed E-state index contributed by atoms with van der Waals surface area (Å²) in [5, 5.41) is 0. The third-order valence-corrected chi connectivity index (χ3v) is 8.69. The second-order valence-electron chi connectivity index (χ2n) is 9.90. The predicted molar refractivity (Wildman–Crippen MR) is 142 cm³/mol. The van der Waals surface area contributed by atoms with Gasteiger partial charge in [-0.25, -0.2) is 4.79 Å². The van der Waals surface area contributed by atoms with Gasteiger partial charge in [0.05, 0.1) is 19.3 Å². The van der Waals surface area contributed by atoms with E-state index in [9.17, 15) is 13.8 Å². The first-order chi connectivity index (χ1) is 17.5. The molecule has 1 saturated heterocycles. The molecule has 6 nitrogen and oxygen atoms in total. The SMILES string of the molecule is COC(=O)c1ccc(CO[C@@H](CC2CCCCC2)C(=O)N2CCS(=O)CC2)cc1-c1ccccc1C. The molecule has 36 heavy (non-hydrogen) atoms. The van der Waals surface area contributed by atoms with Crippen LogP contribution in [0.2, 0.25) is 0 Å². The Bertz CT molecular complexity index is 1080. The molecule has 1 aliphatic heterocycles. The largest absolute Gasteiger partial charge is 0.465 e. The van der Waals surface area contributed by atoms with E-state index in [0.29, 0.717) is 36.1 Å². The summed E-state index contributed by atoms with van der Waals surface area (Å²) in [6.45, 7) is 3.36. The maximum Gasteiger partial charge on any atom is 0.338 e. The molecule has 2 aliphatic rings. The summed E-state index contributed by atoms with van der Waals surface area (Å²) >= 11 is 0. The highest BCUT2D eigenvalue weighted by Gasteiger charge is 2.30. The van der Waals surface area contributed by atoms with Crippen molar-refractivity contribution in [2.75, 3.05) is 31.7 Å². The third kappa shape index (κ3) is 6.62. The molecule has 0 unspecified atom stereocenters. The number of ether oxygens (including phenoxy) is 2. The normalized spacial score (nSPS) is 18.1. The number of aryl methyl sites for hydroxylation is 1. The van der Waals surface area contributed by atoms with Crippen molar-refractivity contribution >= 4 is 22.7 Å². The van der Waals surface area contributed by atoms with E-state index in [2.05, 4.69) is 0 Å². The lowest BCUT2D eigenvalue weighted by molar-refractivity contribution is -0.145. The highest BCUT2D eigenvalue weighted by Crippen LogP contribution is 2.31. The predicted octanol–water partition coefficient (Wildman–Crippen LogP) is 4.90. The molecule has 7 heteroatoms. The Morgan fingerprint density at radius 1 is 1.03 bits per heavy atom. The van der Waals surface area contributed by atoms with Crippen LogP contribution in [0.3, 0.4) is 0 Å². The fourth-order valence-corrected chi connectivity index (χ4v) is 6.34. The van der Waals surface area contributed by atoms with Crippen LogP contribution in [0.15, 0.2) is 42.5 Å². The average Bonchev–Trinajstić information content (AvgIpc) is 2.91. The average molecular weight is 512 g/mol. The standard InChI is InChI=1S/C29H37NO5S/c1-21-8-6-7-11-24(21)26-18-23(12-13-25(26)29(32)34-2)20-35-27(19-22-9-4-3-5-10-22)28(31)30-14-16-36(33)17-15-30/h6-8,11-13,18,22,27H,3-5,9-10,14-17,19-20H2,1-2H3/t27-/m0/s1. The quantitative estimate of drug-likeness (QED) is 0.472. The van der Waals surface area contributed by atoms with Gasteiger partial charge in [0.15, 0.2) is 0 Å². The Balaban J connectivity index is 1.55. The van der Waals surface area contributed by atoms with Gasteiger partial charge in [0.25, 0.3) is 5.91 Å². The molecule has 1 atom stereocenters. The van der Waals surface area contributed by atoms with E-state index in [1.54, 1.807) is 6.07 Å². The van der Waals surface area contributed by atoms with E-state index in [4.69, 9.17) is 9.47 Å². The Hall–Kier alpha value is -2.51. The first-order valence-electron chi connectivity index (χ1n) is 13.0. The first-order valence-corrected chi connectivity index (χ1v) is 14.5. The van der Waals surface area contributed by atoms with Crippen LogP contribution in [-0.4, -0.2) is 58.8 Å². The van der Waals surface area contributed by atoms with Gasteiger partial charge in [-0.05, 0) is 53.6 Å². The highest BCUT2D eigenvalue weighted by molar-refractivity contribution is 7.85. The summed E-state index contributed by atoms with van der Waals surface area (Å²) in [6, 6.07) is 13.6. The molecule has 1 amide bonds. The Kier molecular flexibility index (Phi) is 9.32. The minimum absolute atomic E-state index is 0.0163. The maximum atomic E-state index is 13.5. The van der Waals surface area contributed by atoms with E-state index in [1.165, 1.54) is 26.4 Å². The summed E-state index contributed by atoms with van der Waals surface area (Å²) in [5.74, 6) is 1.21. The molecule has 194 valence electrons. The van der Waals surface area contributed by atoms with Gasteiger partial charge in [-0.1, -0.05) is 62.4 Å². The highest BCUT2D eigenvalue weighted by atomic mass is 32.2. The molecule has 2 aromatic carbocycles. The zero-order valence-electron chi connectivity index (χ0n) is 21.4. The molecule has 0 radical (unpaired) electrons. The van der Waals surface area contributed by atoms with Gasteiger partial charge in [0, 0.05) is 35.4 Å². The number of hydrogen-bond acceptors (Lipinski definition) is 5. The first kappa shape index (κ1) is 26.6. The van der Waals surface area contributed by atoms with Crippen molar-refractivity contribution in [1.82, 2.24) is 4.90 Å². The zero-order valence-corrected chi connectivity index (χ0v) is 22.2. The van der Waals surface area contributed by atoms with Gasteiger partial charge in [-0.2, -0.15) is 0 Å². The fraction of sp³-hybridized carbons (Fsp3) is 0.517. The fourth-order valence-electron chi connectivity index (χ4n) is 5.29. The van der Waals surface area contributed by atoms with Gasteiger partial charge >= 0.3 is 5.97 Å². The van der Waals surface area contributed by atoms with Crippen molar-refractivity contribution in [3.05, 3.63) is 59.2 Å². The van der Waals surface area contributed by atoms with Crippen LogP contribution in [0.1, 0.15) is 60.0 Å². The van der Waals surface area contributed by atoms with E-state index < -0.39 is 16.9 Å². The maximum absolute atomic E-state index is 13.5. The number of esters is 1. The number of methoxy groups -OCH3 is 1. The summed E-state index contributed by atoms with van der Waals surface area (Å²) in [7, 11) is 0.555. The van der Waals surface area contributed by atoms with Crippen LogP contribution in [0.5, 0.6) is 0 Å². The van der Waals surface area contributed by atoms with Crippen molar-refractivity contribution in [2.24, 2.45) is 5.92 Å². The number of amides is 1. The Morgan fingerprint density at radius 2 is 1.75 bits per heavy atom. The summed E-state index contributed by atoms with van der Waals surface area (Å²) in [4.78, 5) is 27.8. The number of rotatable bonds is 8. The Labute approximate surface area is 216 Å². The lowest BCUT2D eigenvalue weighted by Gasteiger charge is -2.32. The molecule has 4 rings (SSSR count). The van der Waals surface area contributed by atoms with Gasteiger partial charge in [0.1, 0.15) is 6.10 Å². The summed E-state index contributed by atoms with van der Waals surface area (Å²) < 4.78 is 23.2. The lowest BCUT2D eigenvalue weighted by Crippen LogP contribution is -2.47. The molecule has 1 saturated carbocycles. The molecule has 2 fully saturated rings. The Morgan fingerprint density at radius 3 is 2.44 bits per heavy atom. The van der Waals surface area contributed by atoms with Crippen LogP contribution in [0.25, 0.3) is 11.1 Å². The lowest BCUT2D eigenvalue weighted by atomic mass is 9.85. The molecule has 0 aromatic heterocycles. The molecule has 1 aliphatic carbocycles. The molecule has 0 bridgehead atoms. The van der Waals surface area contributed by atoms with Gasteiger partial charge in [-0.3, -0.25) is 9.00 Å². The third-order valence-electron chi connectivity index (χ3n) is 7.41. The smallest absolute Gasteiger partial charge is 0.338 e. The number of benzene rings is 2. The van der Waals surface area contributed by atoms with Crippen LogP contribution in [-0.2, 0) is 31.7 Å². The van der Waals surface area contributed by atoms with Gasteiger partial charge in [0.2, 0.25) is 0 Å². The molecule has 0 N–H and O–H groups in total. The number of hydrogen-bond donors (Lipinski definition) is 0. The second-order valence-corrected chi connectivity index (χ2v) is 11.6. The topological polar surface area (TPSA) is 72.9 Å². The van der Waals surface area contributed by atoms with Crippen LogP contribution in [0, 0.1) is 12.8 Å². The number of nitrogens with zero attached hydrogens (tertiary/aromatic N) is 1. The minimum atomic E-state index is -0.833. The molecular weight excluding hydrogens is 474 g/mol. The van der Waals surface area contributed by atoms with E-state index in [0.717, 1.165) is 41.5 Å². The van der Waals surface area contributed by atoms with E-state index in [1.807, 2.05) is 48.2 Å². The molecule has 0 spiro atoms. The van der Waals surface area contributed by atoms with E-state index >= 15 is 0 Å². The van der Waals surface area contributed by atoms with Gasteiger partial charge < -0.3 is 14.4 Å². The zero-order chi connectivity index (χ0) is 25.5. The number of carbonyl (C=O) groups excluding carboxylic acids is 2. The van der Waals surface area contributed by atoms with Crippen molar-refractivity contribution < 1.29 is 23.3 Å². The second kappa shape index (κ2) is 12.6. The molecular formula is C29H37NO5S.